The van der Waals surface area contributed by atoms with E-state index in [9.17, 15) is 4.79 Å². The summed E-state index contributed by atoms with van der Waals surface area (Å²) in [5.41, 5.74) is 5.78. The number of aryl methyl sites for hydroxylation is 1. The van der Waals surface area contributed by atoms with Crippen LogP contribution in [0.3, 0.4) is 0 Å². The highest BCUT2D eigenvalue weighted by Gasteiger charge is 2.23. The predicted molar refractivity (Wildman–Crippen MR) is 80.6 cm³/mol. The molecule has 0 aliphatic rings. The molecule has 0 radical (unpaired) electrons. The molecule has 0 bridgehead atoms. The van der Waals surface area contributed by atoms with Crippen molar-refractivity contribution >= 4 is 6.09 Å². The fraction of sp³-hybridized carbons (Fsp3) is 0.786. The molecule has 7 nitrogen and oxygen atoms in total. The second kappa shape index (κ2) is 7.40. The van der Waals surface area contributed by atoms with E-state index in [0.717, 1.165) is 12.1 Å². The van der Waals surface area contributed by atoms with Gasteiger partial charge < -0.3 is 15.4 Å². The van der Waals surface area contributed by atoms with Gasteiger partial charge in [0.05, 0.1) is 5.69 Å². The van der Waals surface area contributed by atoms with Gasteiger partial charge in [-0.15, -0.1) is 5.10 Å². The second-order valence-corrected chi connectivity index (χ2v) is 6.30. The van der Waals surface area contributed by atoms with Gasteiger partial charge in [-0.1, -0.05) is 5.21 Å². The number of nitrogens with zero attached hydrogens (tertiary/aromatic N) is 4. The molecule has 21 heavy (non-hydrogen) atoms. The Balaban J connectivity index is 2.49. The molecule has 7 heteroatoms. The molecular formula is C14H27N5O2. The van der Waals surface area contributed by atoms with Crippen molar-refractivity contribution < 1.29 is 9.53 Å². The van der Waals surface area contributed by atoms with E-state index in [1.807, 2.05) is 40.8 Å². The van der Waals surface area contributed by atoms with Gasteiger partial charge in [-0.25, -0.2) is 4.79 Å². The molecule has 0 spiro atoms. The number of carbonyl (C=O) groups excluding carboxylic acids is 1. The molecule has 0 fully saturated rings. The average Bonchev–Trinajstić information content (AvgIpc) is 2.79. The van der Waals surface area contributed by atoms with E-state index in [-0.39, 0.29) is 12.1 Å². The van der Waals surface area contributed by atoms with Gasteiger partial charge in [0.15, 0.2) is 0 Å². The summed E-state index contributed by atoms with van der Waals surface area (Å²) < 4.78 is 7.17. The zero-order valence-electron chi connectivity index (χ0n) is 13.7. The van der Waals surface area contributed by atoms with Gasteiger partial charge in [0.1, 0.15) is 5.60 Å². The third-order valence-electron chi connectivity index (χ3n) is 2.83. The van der Waals surface area contributed by atoms with E-state index in [1.54, 1.807) is 9.58 Å². The lowest BCUT2D eigenvalue weighted by Gasteiger charge is -2.30. The van der Waals surface area contributed by atoms with Crippen LogP contribution in [0.25, 0.3) is 0 Å². The smallest absolute Gasteiger partial charge is 0.410 e. The average molecular weight is 297 g/mol. The maximum Gasteiger partial charge on any atom is 0.410 e. The molecule has 2 N–H and O–H groups in total. The molecule has 0 saturated carbocycles. The Morgan fingerprint density at radius 1 is 1.48 bits per heavy atom. The Morgan fingerprint density at radius 2 is 2.14 bits per heavy atom. The van der Waals surface area contributed by atoms with Gasteiger partial charge >= 0.3 is 6.09 Å². The van der Waals surface area contributed by atoms with Crippen LogP contribution >= 0.6 is 0 Å². The number of amides is 1. The Labute approximate surface area is 126 Å². The largest absolute Gasteiger partial charge is 0.444 e. The molecule has 1 aromatic rings. The van der Waals surface area contributed by atoms with Gasteiger partial charge in [0.25, 0.3) is 0 Å². The van der Waals surface area contributed by atoms with Crippen LogP contribution in [0.4, 0.5) is 4.79 Å². The SMILES string of the molecule is CC(C)N(CCCn1cc(CN)nn1)C(=O)OC(C)(C)C. The molecule has 0 saturated heterocycles. The van der Waals surface area contributed by atoms with E-state index in [0.29, 0.717) is 19.6 Å². The first-order valence-corrected chi connectivity index (χ1v) is 7.31. The Kier molecular flexibility index (Phi) is 6.14. The quantitative estimate of drug-likeness (QED) is 0.864. The summed E-state index contributed by atoms with van der Waals surface area (Å²) in [7, 11) is 0. The normalized spacial score (nSPS) is 11.8. The van der Waals surface area contributed by atoms with Crippen LogP contribution in [-0.2, 0) is 17.8 Å². The lowest BCUT2D eigenvalue weighted by Crippen LogP contribution is -2.41. The van der Waals surface area contributed by atoms with E-state index in [4.69, 9.17) is 10.5 Å². The lowest BCUT2D eigenvalue weighted by molar-refractivity contribution is 0.0186. The first-order chi connectivity index (χ1) is 9.73. The number of hydrogen-bond acceptors (Lipinski definition) is 5. The van der Waals surface area contributed by atoms with Crippen LogP contribution in [0.1, 0.15) is 46.7 Å². The zero-order valence-corrected chi connectivity index (χ0v) is 13.7. The van der Waals surface area contributed by atoms with Crippen LogP contribution in [0.5, 0.6) is 0 Å². The van der Waals surface area contributed by atoms with Crippen molar-refractivity contribution in [1.29, 1.82) is 0 Å². The minimum absolute atomic E-state index is 0.0928. The van der Waals surface area contributed by atoms with Crippen LogP contribution in [0.15, 0.2) is 6.20 Å². The van der Waals surface area contributed by atoms with Crippen molar-refractivity contribution in [2.45, 2.75) is 65.8 Å². The third-order valence-corrected chi connectivity index (χ3v) is 2.83. The van der Waals surface area contributed by atoms with Gasteiger partial charge in [0.2, 0.25) is 0 Å². The van der Waals surface area contributed by atoms with Gasteiger partial charge in [-0.05, 0) is 41.0 Å². The highest BCUT2D eigenvalue weighted by Crippen LogP contribution is 2.12. The van der Waals surface area contributed by atoms with E-state index >= 15 is 0 Å². The molecule has 1 rings (SSSR count). The molecule has 1 heterocycles. The van der Waals surface area contributed by atoms with E-state index in [2.05, 4.69) is 10.3 Å². The summed E-state index contributed by atoms with van der Waals surface area (Å²) in [5.74, 6) is 0. The standard InChI is InChI=1S/C14H27N5O2/c1-11(2)19(13(20)21-14(3,4)5)8-6-7-18-10-12(9-15)16-17-18/h10-11H,6-9,15H2,1-5H3. The Hall–Kier alpha value is -1.63. The van der Waals surface area contributed by atoms with Crippen molar-refractivity contribution in [3.8, 4) is 0 Å². The summed E-state index contributed by atoms with van der Waals surface area (Å²) in [6.45, 7) is 11.3. The molecule has 0 aliphatic heterocycles. The minimum Gasteiger partial charge on any atom is -0.444 e. The third kappa shape index (κ3) is 6.12. The highest BCUT2D eigenvalue weighted by molar-refractivity contribution is 5.68. The van der Waals surface area contributed by atoms with Gasteiger partial charge in [-0.2, -0.15) is 0 Å². The molecular weight excluding hydrogens is 270 g/mol. The second-order valence-electron chi connectivity index (χ2n) is 6.30. The number of rotatable bonds is 6. The van der Waals surface area contributed by atoms with Crippen LogP contribution in [0, 0.1) is 0 Å². The monoisotopic (exact) mass is 297 g/mol. The van der Waals surface area contributed by atoms with Gasteiger partial charge in [0, 0.05) is 31.9 Å². The van der Waals surface area contributed by atoms with E-state index < -0.39 is 5.60 Å². The van der Waals surface area contributed by atoms with Crippen LogP contribution < -0.4 is 5.73 Å². The minimum atomic E-state index is -0.480. The fourth-order valence-electron chi connectivity index (χ4n) is 1.83. The molecule has 120 valence electrons. The highest BCUT2D eigenvalue weighted by atomic mass is 16.6. The Morgan fingerprint density at radius 3 is 2.62 bits per heavy atom. The molecule has 0 aromatic carbocycles. The van der Waals surface area contributed by atoms with Crippen molar-refractivity contribution in [3.63, 3.8) is 0 Å². The van der Waals surface area contributed by atoms with Crippen molar-refractivity contribution in [2.24, 2.45) is 5.73 Å². The Bertz CT molecular complexity index is 450. The summed E-state index contributed by atoms with van der Waals surface area (Å²) in [4.78, 5) is 13.9. The topological polar surface area (TPSA) is 86.3 Å². The first kappa shape index (κ1) is 17.4. The fourth-order valence-corrected chi connectivity index (χ4v) is 1.83. The van der Waals surface area contributed by atoms with Gasteiger partial charge in [-0.3, -0.25) is 4.68 Å². The summed E-state index contributed by atoms with van der Waals surface area (Å²) in [6.07, 6.45) is 2.33. The maximum absolute atomic E-state index is 12.1. The van der Waals surface area contributed by atoms with Crippen molar-refractivity contribution in [3.05, 3.63) is 11.9 Å². The zero-order chi connectivity index (χ0) is 16.0. The molecule has 1 aromatic heterocycles. The molecule has 0 unspecified atom stereocenters. The number of nitrogens with two attached hydrogens (primary N) is 1. The molecule has 1 amide bonds. The maximum atomic E-state index is 12.1. The van der Waals surface area contributed by atoms with Crippen molar-refractivity contribution in [1.82, 2.24) is 19.9 Å². The summed E-state index contributed by atoms with van der Waals surface area (Å²) in [6, 6.07) is 0.0928. The van der Waals surface area contributed by atoms with Crippen LogP contribution in [-0.4, -0.2) is 44.2 Å². The number of aromatic nitrogens is 3. The summed E-state index contributed by atoms with van der Waals surface area (Å²) in [5, 5.41) is 7.92. The van der Waals surface area contributed by atoms with Crippen molar-refractivity contribution in [2.75, 3.05) is 6.54 Å². The number of ether oxygens (including phenoxy) is 1. The number of carbonyl (C=O) groups is 1. The lowest BCUT2D eigenvalue weighted by atomic mass is 10.2. The predicted octanol–water partition coefficient (Wildman–Crippen LogP) is 1.77. The number of hydrogen-bond donors (Lipinski definition) is 1. The van der Waals surface area contributed by atoms with Crippen LogP contribution in [0.2, 0.25) is 0 Å². The first-order valence-electron chi connectivity index (χ1n) is 7.31. The summed E-state index contributed by atoms with van der Waals surface area (Å²) >= 11 is 0. The molecule has 0 atom stereocenters. The van der Waals surface area contributed by atoms with E-state index in [1.165, 1.54) is 0 Å². The molecule has 0 aliphatic carbocycles.